The van der Waals surface area contributed by atoms with E-state index in [0.717, 1.165) is 16.8 Å². The second kappa shape index (κ2) is 4.20. The van der Waals surface area contributed by atoms with Gasteiger partial charge in [0, 0.05) is 11.3 Å². The van der Waals surface area contributed by atoms with E-state index in [2.05, 4.69) is 5.32 Å². The molecule has 5 heteroatoms. The molecule has 2 aliphatic heterocycles. The Morgan fingerprint density at radius 2 is 2.00 bits per heavy atom. The maximum atomic E-state index is 11.9. The number of carbonyl (C=O) groups is 1. The second-order valence-corrected chi connectivity index (χ2v) is 5.69. The minimum Gasteiger partial charge on any atom is -0.342 e. The van der Waals surface area contributed by atoms with Crippen LogP contribution < -0.4 is 5.32 Å². The van der Waals surface area contributed by atoms with Gasteiger partial charge in [0.05, 0.1) is 24.5 Å². The van der Waals surface area contributed by atoms with Crippen molar-refractivity contribution < 1.29 is 14.3 Å². The Labute approximate surface area is 117 Å². The molecule has 1 N–H and O–H groups in total. The maximum absolute atomic E-state index is 11.9. The fraction of sp³-hybridized carbons (Fsp3) is 0.500. The van der Waals surface area contributed by atoms with Gasteiger partial charge in [0.25, 0.3) is 0 Å². The first-order valence-electron chi connectivity index (χ1n) is 6.30. The van der Waals surface area contributed by atoms with Crippen LogP contribution in [0.15, 0.2) is 18.2 Å². The van der Waals surface area contributed by atoms with Gasteiger partial charge in [-0.25, -0.2) is 0 Å². The van der Waals surface area contributed by atoms with Gasteiger partial charge < -0.3 is 14.8 Å². The highest BCUT2D eigenvalue weighted by atomic mass is 35.5. The van der Waals surface area contributed by atoms with Crippen LogP contribution in [0.1, 0.15) is 25.0 Å². The van der Waals surface area contributed by atoms with Gasteiger partial charge in [-0.2, -0.15) is 0 Å². The van der Waals surface area contributed by atoms with E-state index in [0.29, 0.717) is 13.2 Å². The summed E-state index contributed by atoms with van der Waals surface area (Å²) < 4.78 is 11.3. The largest absolute Gasteiger partial charge is 0.342 e. The SMILES string of the molecule is CC1(C)C(=O)Nc2ccc(C3(CCl)OCCO3)cc21. The normalized spacial score (nSPS) is 23.2. The van der Waals surface area contributed by atoms with Gasteiger partial charge in [0.1, 0.15) is 0 Å². The lowest BCUT2D eigenvalue weighted by Crippen LogP contribution is -2.30. The molecule has 3 rings (SSSR count). The summed E-state index contributed by atoms with van der Waals surface area (Å²) in [5.74, 6) is -0.640. The Balaban J connectivity index is 2.08. The number of benzene rings is 1. The van der Waals surface area contributed by atoms with Crippen LogP contribution in [0.3, 0.4) is 0 Å². The molecule has 1 amide bonds. The van der Waals surface area contributed by atoms with Gasteiger partial charge in [-0.05, 0) is 31.5 Å². The molecule has 0 spiro atoms. The minimum atomic E-state index is -0.877. The zero-order chi connectivity index (χ0) is 13.7. The second-order valence-electron chi connectivity index (χ2n) is 5.42. The first-order chi connectivity index (χ1) is 8.99. The molecule has 2 heterocycles. The van der Waals surface area contributed by atoms with E-state index < -0.39 is 11.2 Å². The number of ether oxygens (including phenoxy) is 2. The molecule has 0 aliphatic carbocycles. The zero-order valence-electron chi connectivity index (χ0n) is 11.0. The third kappa shape index (κ3) is 1.78. The van der Waals surface area contributed by atoms with Crippen LogP contribution in [-0.2, 0) is 25.5 Å². The lowest BCUT2D eigenvalue weighted by atomic mass is 9.84. The number of hydrogen-bond acceptors (Lipinski definition) is 3. The summed E-state index contributed by atoms with van der Waals surface area (Å²) >= 11 is 6.02. The summed E-state index contributed by atoms with van der Waals surface area (Å²) in [7, 11) is 0. The van der Waals surface area contributed by atoms with E-state index in [-0.39, 0.29) is 11.8 Å². The predicted octanol–water partition coefficient (Wildman–Crippen LogP) is 2.35. The van der Waals surface area contributed by atoms with E-state index in [1.807, 2.05) is 32.0 Å². The fourth-order valence-electron chi connectivity index (χ4n) is 2.58. The van der Waals surface area contributed by atoms with Crippen LogP contribution >= 0.6 is 11.6 Å². The van der Waals surface area contributed by atoms with E-state index >= 15 is 0 Å². The maximum Gasteiger partial charge on any atom is 0.234 e. The molecule has 0 bridgehead atoms. The first-order valence-corrected chi connectivity index (χ1v) is 6.83. The van der Waals surface area contributed by atoms with Crippen molar-refractivity contribution in [3.63, 3.8) is 0 Å². The average molecular weight is 282 g/mol. The lowest BCUT2D eigenvalue weighted by molar-refractivity contribution is -0.146. The Bertz CT molecular complexity index is 535. The summed E-state index contributed by atoms with van der Waals surface area (Å²) in [4.78, 5) is 11.9. The third-order valence-electron chi connectivity index (χ3n) is 3.88. The Kier molecular flexibility index (Phi) is 2.85. The Hall–Kier alpha value is -1.10. The number of hydrogen-bond donors (Lipinski definition) is 1. The molecular formula is C14H16ClNO3. The smallest absolute Gasteiger partial charge is 0.234 e. The quantitative estimate of drug-likeness (QED) is 0.847. The highest BCUT2D eigenvalue weighted by Gasteiger charge is 2.42. The van der Waals surface area contributed by atoms with Crippen LogP contribution in [0.5, 0.6) is 0 Å². The summed E-state index contributed by atoms with van der Waals surface area (Å²) in [5, 5.41) is 2.88. The highest BCUT2D eigenvalue weighted by Crippen LogP contribution is 2.41. The molecule has 1 aromatic carbocycles. The van der Waals surface area contributed by atoms with Gasteiger partial charge >= 0.3 is 0 Å². The van der Waals surface area contributed by atoms with Crippen LogP contribution in [0.25, 0.3) is 0 Å². The number of nitrogens with one attached hydrogen (secondary N) is 1. The molecule has 1 aromatic rings. The number of halogens is 1. The summed E-state index contributed by atoms with van der Waals surface area (Å²) in [6.07, 6.45) is 0. The molecule has 0 atom stereocenters. The molecule has 1 fully saturated rings. The fourth-order valence-corrected chi connectivity index (χ4v) is 2.89. The van der Waals surface area contributed by atoms with Crippen molar-refractivity contribution in [2.75, 3.05) is 24.4 Å². The molecular weight excluding hydrogens is 266 g/mol. The van der Waals surface area contributed by atoms with Gasteiger partial charge in [0.2, 0.25) is 11.7 Å². The van der Waals surface area contributed by atoms with E-state index in [1.54, 1.807) is 0 Å². The molecule has 4 nitrogen and oxygen atoms in total. The average Bonchev–Trinajstić information content (AvgIpc) is 2.95. The Morgan fingerprint density at radius 3 is 2.63 bits per heavy atom. The molecule has 1 saturated heterocycles. The lowest BCUT2D eigenvalue weighted by Gasteiger charge is -2.26. The molecule has 0 unspecified atom stereocenters. The first kappa shape index (κ1) is 12.9. The molecule has 0 saturated carbocycles. The van der Waals surface area contributed by atoms with Gasteiger partial charge in [-0.3, -0.25) is 4.79 Å². The molecule has 102 valence electrons. The van der Waals surface area contributed by atoms with Crippen molar-refractivity contribution in [3.05, 3.63) is 29.3 Å². The van der Waals surface area contributed by atoms with Crippen molar-refractivity contribution in [1.29, 1.82) is 0 Å². The zero-order valence-corrected chi connectivity index (χ0v) is 11.7. The number of rotatable bonds is 2. The number of carbonyl (C=O) groups excluding carboxylic acids is 1. The van der Waals surface area contributed by atoms with Crippen molar-refractivity contribution in [2.24, 2.45) is 0 Å². The Morgan fingerprint density at radius 1 is 1.32 bits per heavy atom. The molecule has 0 radical (unpaired) electrons. The summed E-state index contributed by atoms with van der Waals surface area (Å²) in [5.41, 5.74) is 2.13. The molecule has 0 aromatic heterocycles. The third-order valence-corrected chi connectivity index (χ3v) is 4.23. The van der Waals surface area contributed by atoms with Crippen molar-refractivity contribution in [2.45, 2.75) is 25.0 Å². The summed E-state index contributed by atoms with van der Waals surface area (Å²) in [6.45, 7) is 4.87. The molecule has 2 aliphatic rings. The van der Waals surface area contributed by atoms with Gasteiger partial charge in [0.15, 0.2) is 0 Å². The molecule has 19 heavy (non-hydrogen) atoms. The van der Waals surface area contributed by atoms with Crippen molar-refractivity contribution >= 4 is 23.2 Å². The highest BCUT2D eigenvalue weighted by molar-refractivity contribution is 6.18. The van der Waals surface area contributed by atoms with E-state index in [9.17, 15) is 4.79 Å². The number of fused-ring (bicyclic) bond motifs is 1. The van der Waals surface area contributed by atoms with Crippen LogP contribution in [0.4, 0.5) is 5.69 Å². The number of amides is 1. The van der Waals surface area contributed by atoms with Crippen LogP contribution in [-0.4, -0.2) is 25.0 Å². The standard InChI is InChI=1S/C14H16ClNO3/c1-13(2)10-7-9(3-4-11(10)16-12(13)17)14(8-15)18-5-6-19-14/h3-4,7H,5-6,8H2,1-2H3,(H,16,17). The van der Waals surface area contributed by atoms with Gasteiger partial charge in [-0.15, -0.1) is 11.6 Å². The summed E-state index contributed by atoms with van der Waals surface area (Å²) in [6, 6.07) is 5.74. The van der Waals surface area contributed by atoms with E-state index in [1.165, 1.54) is 0 Å². The van der Waals surface area contributed by atoms with Crippen LogP contribution in [0.2, 0.25) is 0 Å². The van der Waals surface area contributed by atoms with Crippen molar-refractivity contribution in [1.82, 2.24) is 0 Å². The monoisotopic (exact) mass is 281 g/mol. The van der Waals surface area contributed by atoms with E-state index in [4.69, 9.17) is 21.1 Å². The number of alkyl halides is 1. The number of anilines is 1. The van der Waals surface area contributed by atoms with Crippen molar-refractivity contribution in [3.8, 4) is 0 Å². The topological polar surface area (TPSA) is 47.6 Å². The van der Waals surface area contributed by atoms with Gasteiger partial charge in [-0.1, -0.05) is 6.07 Å². The minimum absolute atomic E-state index is 0.00725. The van der Waals surface area contributed by atoms with Crippen LogP contribution in [0, 0.1) is 0 Å². The predicted molar refractivity (Wildman–Crippen MR) is 72.4 cm³/mol.